The van der Waals surface area contributed by atoms with Crippen molar-refractivity contribution in [3.8, 4) is 11.4 Å². The standard InChI is InChI=1S/C13H15N3O/c17-13-3-1-2-12(6-13)16-9-11(8-15-16)10-4-5-14-7-10/h1-3,6,8-10,14,17H,4-5,7H2. The molecule has 0 amide bonds. The number of hydrogen-bond donors (Lipinski definition) is 2. The first kappa shape index (κ1) is 10.4. The van der Waals surface area contributed by atoms with Crippen molar-refractivity contribution in [1.29, 1.82) is 0 Å². The maximum Gasteiger partial charge on any atom is 0.117 e. The molecule has 17 heavy (non-hydrogen) atoms. The number of nitrogens with zero attached hydrogens (tertiary/aromatic N) is 2. The molecule has 0 aliphatic carbocycles. The van der Waals surface area contributed by atoms with E-state index in [-0.39, 0.29) is 5.75 Å². The first-order valence-electron chi connectivity index (χ1n) is 5.87. The molecule has 1 aromatic carbocycles. The van der Waals surface area contributed by atoms with Gasteiger partial charge in [-0.1, -0.05) is 6.07 Å². The summed E-state index contributed by atoms with van der Waals surface area (Å²) in [5.41, 5.74) is 2.15. The molecular formula is C13H15N3O. The van der Waals surface area contributed by atoms with Crippen LogP contribution in [0.2, 0.25) is 0 Å². The number of aromatic hydroxyl groups is 1. The normalized spacial score (nSPS) is 19.6. The summed E-state index contributed by atoms with van der Waals surface area (Å²) in [5, 5.41) is 17.1. The number of nitrogens with one attached hydrogen (secondary N) is 1. The number of hydrogen-bond acceptors (Lipinski definition) is 3. The molecule has 1 aliphatic rings. The molecule has 2 N–H and O–H groups in total. The van der Waals surface area contributed by atoms with Gasteiger partial charge in [0.15, 0.2) is 0 Å². The molecule has 0 bridgehead atoms. The monoisotopic (exact) mass is 229 g/mol. The van der Waals surface area contributed by atoms with Gasteiger partial charge in [0, 0.05) is 24.7 Å². The van der Waals surface area contributed by atoms with Crippen molar-refractivity contribution >= 4 is 0 Å². The highest BCUT2D eigenvalue weighted by Crippen LogP contribution is 2.23. The van der Waals surface area contributed by atoms with Gasteiger partial charge in [-0.15, -0.1) is 0 Å². The fourth-order valence-electron chi connectivity index (χ4n) is 2.26. The summed E-state index contributed by atoms with van der Waals surface area (Å²) in [5.74, 6) is 0.836. The van der Waals surface area contributed by atoms with E-state index in [2.05, 4.69) is 10.4 Å². The van der Waals surface area contributed by atoms with Crippen LogP contribution in [0.4, 0.5) is 0 Å². The lowest BCUT2D eigenvalue weighted by Gasteiger charge is -2.04. The van der Waals surface area contributed by atoms with Crippen LogP contribution in [0.1, 0.15) is 17.9 Å². The summed E-state index contributed by atoms with van der Waals surface area (Å²) >= 11 is 0. The molecular weight excluding hydrogens is 214 g/mol. The van der Waals surface area contributed by atoms with E-state index in [0.29, 0.717) is 5.92 Å². The molecule has 4 nitrogen and oxygen atoms in total. The van der Waals surface area contributed by atoms with Crippen LogP contribution >= 0.6 is 0 Å². The Kier molecular flexibility index (Phi) is 2.57. The Balaban J connectivity index is 1.89. The van der Waals surface area contributed by atoms with Crippen LogP contribution in [0.25, 0.3) is 5.69 Å². The molecule has 1 aliphatic heterocycles. The molecule has 2 heterocycles. The molecule has 1 atom stereocenters. The van der Waals surface area contributed by atoms with Gasteiger partial charge in [0.1, 0.15) is 5.75 Å². The largest absolute Gasteiger partial charge is 0.508 e. The van der Waals surface area contributed by atoms with Crippen LogP contribution < -0.4 is 5.32 Å². The van der Waals surface area contributed by atoms with E-state index in [4.69, 9.17) is 0 Å². The van der Waals surface area contributed by atoms with Crippen molar-refractivity contribution in [3.63, 3.8) is 0 Å². The molecule has 4 heteroatoms. The third-order valence-corrected chi connectivity index (χ3v) is 3.23. The molecule has 1 aromatic heterocycles. The van der Waals surface area contributed by atoms with Gasteiger partial charge in [-0.2, -0.15) is 5.10 Å². The Morgan fingerprint density at radius 2 is 2.35 bits per heavy atom. The van der Waals surface area contributed by atoms with Crippen molar-refractivity contribution in [1.82, 2.24) is 15.1 Å². The second-order valence-corrected chi connectivity index (χ2v) is 4.43. The van der Waals surface area contributed by atoms with E-state index in [9.17, 15) is 5.11 Å². The zero-order chi connectivity index (χ0) is 11.7. The SMILES string of the molecule is Oc1cccc(-n2cc(C3CCNC3)cn2)c1. The molecule has 1 fully saturated rings. The molecule has 0 spiro atoms. The molecule has 0 radical (unpaired) electrons. The van der Waals surface area contributed by atoms with E-state index >= 15 is 0 Å². The van der Waals surface area contributed by atoms with E-state index in [1.165, 1.54) is 12.0 Å². The lowest BCUT2D eigenvalue weighted by atomic mass is 10.0. The van der Waals surface area contributed by atoms with Crippen LogP contribution in [0, 0.1) is 0 Å². The molecule has 88 valence electrons. The maximum atomic E-state index is 9.44. The minimum atomic E-state index is 0.266. The highest BCUT2D eigenvalue weighted by atomic mass is 16.3. The van der Waals surface area contributed by atoms with Crippen LogP contribution in [-0.4, -0.2) is 28.0 Å². The van der Waals surface area contributed by atoms with Gasteiger partial charge in [0.2, 0.25) is 0 Å². The summed E-state index contributed by atoms with van der Waals surface area (Å²) < 4.78 is 1.81. The number of benzene rings is 1. The lowest BCUT2D eigenvalue weighted by Crippen LogP contribution is -2.07. The fraction of sp³-hybridized carbons (Fsp3) is 0.308. The summed E-state index contributed by atoms with van der Waals surface area (Å²) in [4.78, 5) is 0. The quantitative estimate of drug-likeness (QED) is 0.823. The highest BCUT2D eigenvalue weighted by molar-refractivity contribution is 5.38. The summed E-state index contributed by atoms with van der Waals surface area (Å²) in [6, 6.07) is 7.13. The van der Waals surface area contributed by atoms with Gasteiger partial charge in [0.05, 0.1) is 11.9 Å². The Labute approximate surface area is 99.9 Å². The molecule has 0 saturated carbocycles. The van der Waals surface area contributed by atoms with E-state index in [1.54, 1.807) is 12.1 Å². The van der Waals surface area contributed by atoms with Crippen LogP contribution in [0.5, 0.6) is 5.75 Å². The van der Waals surface area contributed by atoms with E-state index in [1.807, 2.05) is 29.2 Å². The summed E-state index contributed by atoms with van der Waals surface area (Å²) in [6.07, 6.45) is 5.14. The highest BCUT2D eigenvalue weighted by Gasteiger charge is 2.18. The Bertz CT molecular complexity index is 515. The van der Waals surface area contributed by atoms with Crippen LogP contribution in [0.3, 0.4) is 0 Å². The predicted octanol–water partition coefficient (Wildman–Crippen LogP) is 1.65. The summed E-state index contributed by atoms with van der Waals surface area (Å²) in [7, 11) is 0. The van der Waals surface area contributed by atoms with Gasteiger partial charge in [-0.25, -0.2) is 4.68 Å². The third kappa shape index (κ3) is 2.03. The zero-order valence-corrected chi connectivity index (χ0v) is 9.50. The Hall–Kier alpha value is -1.81. The Morgan fingerprint density at radius 3 is 3.12 bits per heavy atom. The minimum absolute atomic E-state index is 0.266. The number of rotatable bonds is 2. The average molecular weight is 229 g/mol. The minimum Gasteiger partial charge on any atom is -0.508 e. The van der Waals surface area contributed by atoms with Gasteiger partial charge < -0.3 is 10.4 Å². The van der Waals surface area contributed by atoms with Gasteiger partial charge >= 0.3 is 0 Å². The second-order valence-electron chi connectivity index (χ2n) is 4.43. The lowest BCUT2D eigenvalue weighted by molar-refractivity contribution is 0.475. The maximum absolute atomic E-state index is 9.44. The van der Waals surface area contributed by atoms with Crippen LogP contribution in [0.15, 0.2) is 36.7 Å². The second kappa shape index (κ2) is 4.22. The van der Waals surface area contributed by atoms with E-state index in [0.717, 1.165) is 18.8 Å². The first-order valence-corrected chi connectivity index (χ1v) is 5.87. The molecule has 1 saturated heterocycles. The zero-order valence-electron chi connectivity index (χ0n) is 9.50. The van der Waals surface area contributed by atoms with Gasteiger partial charge in [-0.3, -0.25) is 0 Å². The van der Waals surface area contributed by atoms with Gasteiger partial charge in [-0.05, 0) is 30.7 Å². The Morgan fingerprint density at radius 1 is 1.41 bits per heavy atom. The van der Waals surface area contributed by atoms with Crippen molar-refractivity contribution in [2.45, 2.75) is 12.3 Å². The van der Waals surface area contributed by atoms with Crippen LogP contribution in [-0.2, 0) is 0 Å². The number of phenolic OH excluding ortho intramolecular Hbond substituents is 1. The van der Waals surface area contributed by atoms with Crippen molar-refractivity contribution in [2.75, 3.05) is 13.1 Å². The fourth-order valence-corrected chi connectivity index (χ4v) is 2.26. The van der Waals surface area contributed by atoms with E-state index < -0.39 is 0 Å². The topological polar surface area (TPSA) is 50.1 Å². The average Bonchev–Trinajstić information content (AvgIpc) is 3.00. The van der Waals surface area contributed by atoms with Gasteiger partial charge in [0.25, 0.3) is 0 Å². The number of phenols is 1. The predicted molar refractivity (Wildman–Crippen MR) is 65.5 cm³/mol. The van der Waals surface area contributed by atoms with Crippen molar-refractivity contribution in [3.05, 3.63) is 42.2 Å². The summed E-state index contributed by atoms with van der Waals surface area (Å²) in [6.45, 7) is 2.12. The molecule has 3 rings (SSSR count). The van der Waals surface area contributed by atoms with Crippen molar-refractivity contribution < 1.29 is 5.11 Å². The first-order chi connectivity index (χ1) is 8.33. The van der Waals surface area contributed by atoms with Crippen molar-refractivity contribution in [2.24, 2.45) is 0 Å². The molecule has 1 unspecified atom stereocenters. The molecule has 2 aromatic rings. The smallest absolute Gasteiger partial charge is 0.117 e. The third-order valence-electron chi connectivity index (χ3n) is 3.23. The number of aromatic nitrogens is 2.